The van der Waals surface area contributed by atoms with Crippen molar-refractivity contribution in [3.63, 3.8) is 0 Å². The summed E-state index contributed by atoms with van der Waals surface area (Å²) in [6, 6.07) is 7.28. The molecule has 3 aromatic rings. The van der Waals surface area contributed by atoms with E-state index in [1.807, 2.05) is 0 Å². The molecule has 148 valence electrons. The van der Waals surface area contributed by atoms with Crippen molar-refractivity contribution in [3.8, 4) is 11.1 Å². The van der Waals surface area contributed by atoms with Crippen LogP contribution in [0.4, 0.5) is 5.82 Å². The molecular formula is C23H28ClN3S. The number of fused-ring (bicyclic) bond motifs is 1. The third kappa shape index (κ3) is 3.53. The van der Waals surface area contributed by atoms with E-state index in [1.54, 1.807) is 11.3 Å². The quantitative estimate of drug-likeness (QED) is 0.433. The second kappa shape index (κ2) is 8.00. The Balaban J connectivity index is 1.94. The third-order valence-electron chi connectivity index (χ3n) is 6.15. The summed E-state index contributed by atoms with van der Waals surface area (Å²) in [4.78, 5) is 14.1. The molecule has 5 heteroatoms. The van der Waals surface area contributed by atoms with E-state index in [9.17, 15) is 0 Å². The molecule has 0 radical (unpaired) electrons. The van der Waals surface area contributed by atoms with E-state index in [0.717, 1.165) is 17.1 Å². The first kappa shape index (κ1) is 19.7. The molecular weight excluding hydrogens is 386 g/mol. The number of aromatic nitrogens is 2. The van der Waals surface area contributed by atoms with Crippen LogP contribution in [-0.4, -0.2) is 23.1 Å². The van der Waals surface area contributed by atoms with Gasteiger partial charge in [0.2, 0.25) is 5.28 Å². The van der Waals surface area contributed by atoms with Gasteiger partial charge in [-0.25, -0.2) is 4.98 Å². The molecule has 1 fully saturated rings. The minimum Gasteiger partial charge on any atom is -0.356 e. The summed E-state index contributed by atoms with van der Waals surface area (Å²) >= 11 is 8.12. The van der Waals surface area contributed by atoms with Crippen LogP contribution in [0, 0.1) is 13.8 Å². The van der Waals surface area contributed by atoms with Gasteiger partial charge in [-0.15, -0.1) is 11.3 Å². The topological polar surface area (TPSA) is 29.0 Å². The first-order chi connectivity index (χ1) is 13.5. The van der Waals surface area contributed by atoms with Crippen molar-refractivity contribution in [1.29, 1.82) is 0 Å². The minimum atomic E-state index is 0.348. The fourth-order valence-corrected chi connectivity index (χ4v) is 5.69. The molecule has 3 nitrogen and oxygen atoms in total. The predicted octanol–water partition coefficient (Wildman–Crippen LogP) is 6.96. The lowest BCUT2D eigenvalue weighted by atomic mass is 9.94. The van der Waals surface area contributed by atoms with Crippen LogP contribution in [0.25, 0.3) is 21.3 Å². The smallest absolute Gasteiger partial charge is 0.225 e. The van der Waals surface area contributed by atoms with E-state index >= 15 is 0 Å². The number of benzene rings is 1. The van der Waals surface area contributed by atoms with Crippen LogP contribution in [-0.2, 0) is 6.42 Å². The van der Waals surface area contributed by atoms with Crippen LogP contribution in [0.5, 0.6) is 0 Å². The number of hydrogen-bond donors (Lipinski definition) is 0. The van der Waals surface area contributed by atoms with E-state index in [0.29, 0.717) is 11.3 Å². The van der Waals surface area contributed by atoms with E-state index in [-0.39, 0.29) is 0 Å². The zero-order valence-electron chi connectivity index (χ0n) is 17.2. The molecule has 2 heterocycles. The zero-order chi connectivity index (χ0) is 19.8. The van der Waals surface area contributed by atoms with Crippen molar-refractivity contribution in [2.24, 2.45) is 0 Å². The molecule has 0 spiro atoms. The molecule has 0 saturated heterocycles. The average molecular weight is 414 g/mol. The van der Waals surface area contributed by atoms with E-state index in [2.05, 4.69) is 55.9 Å². The molecule has 28 heavy (non-hydrogen) atoms. The van der Waals surface area contributed by atoms with Crippen molar-refractivity contribution in [2.45, 2.75) is 65.3 Å². The second-order valence-electron chi connectivity index (χ2n) is 7.95. The van der Waals surface area contributed by atoms with Crippen LogP contribution in [0.2, 0.25) is 5.28 Å². The van der Waals surface area contributed by atoms with Gasteiger partial charge in [0.25, 0.3) is 0 Å². The van der Waals surface area contributed by atoms with Gasteiger partial charge in [-0.05, 0) is 61.4 Å². The Bertz CT molecular complexity index is 1000. The van der Waals surface area contributed by atoms with Crippen molar-refractivity contribution >= 4 is 39.0 Å². The first-order valence-electron chi connectivity index (χ1n) is 10.3. The Hall–Kier alpha value is -1.65. The minimum absolute atomic E-state index is 0.348. The Kier molecular flexibility index (Phi) is 5.62. The van der Waals surface area contributed by atoms with Gasteiger partial charge in [-0.1, -0.05) is 44.4 Å². The SMILES string of the molecule is CCc1sc2nc(Cl)nc(N(C)C3CCCCC3)c2c1-c1ccc(C)c(C)c1. The number of thiophene rings is 1. The normalized spacial score (nSPS) is 15.3. The number of hydrogen-bond acceptors (Lipinski definition) is 4. The lowest BCUT2D eigenvalue weighted by Crippen LogP contribution is -2.34. The van der Waals surface area contributed by atoms with Gasteiger partial charge in [-0.2, -0.15) is 4.98 Å². The first-order valence-corrected chi connectivity index (χ1v) is 11.5. The lowest BCUT2D eigenvalue weighted by molar-refractivity contribution is 0.426. The van der Waals surface area contributed by atoms with Crippen LogP contribution in [0.1, 0.15) is 55.0 Å². The van der Waals surface area contributed by atoms with Crippen LogP contribution >= 0.6 is 22.9 Å². The van der Waals surface area contributed by atoms with Gasteiger partial charge in [0.1, 0.15) is 10.6 Å². The molecule has 0 amide bonds. The van der Waals surface area contributed by atoms with Gasteiger partial charge in [0.05, 0.1) is 5.39 Å². The van der Waals surface area contributed by atoms with Gasteiger partial charge in [-0.3, -0.25) is 0 Å². The van der Waals surface area contributed by atoms with Crippen molar-refractivity contribution in [3.05, 3.63) is 39.5 Å². The molecule has 0 aliphatic heterocycles. The fourth-order valence-electron chi connectivity index (χ4n) is 4.35. The maximum atomic E-state index is 6.36. The summed E-state index contributed by atoms with van der Waals surface area (Å²) in [6.45, 7) is 6.56. The molecule has 0 atom stereocenters. The Morgan fingerprint density at radius 1 is 1.11 bits per heavy atom. The highest BCUT2D eigenvalue weighted by Gasteiger charge is 2.25. The number of halogens is 1. The zero-order valence-corrected chi connectivity index (χ0v) is 18.8. The molecule has 1 aromatic carbocycles. The molecule has 4 rings (SSSR count). The standard InChI is InChI=1S/C23H28ClN3S/c1-5-18-19(16-12-11-14(2)15(3)13-16)20-21(25-23(24)26-22(20)28-18)27(4)17-9-7-6-8-10-17/h11-13,17H,5-10H2,1-4H3. The highest BCUT2D eigenvalue weighted by atomic mass is 35.5. The molecule has 0 bridgehead atoms. The van der Waals surface area contributed by atoms with Crippen molar-refractivity contribution in [2.75, 3.05) is 11.9 Å². The summed E-state index contributed by atoms with van der Waals surface area (Å²) in [6.07, 6.45) is 7.37. The maximum absolute atomic E-state index is 6.36. The van der Waals surface area contributed by atoms with E-state index in [4.69, 9.17) is 16.6 Å². The fraction of sp³-hybridized carbons (Fsp3) is 0.478. The summed E-state index contributed by atoms with van der Waals surface area (Å²) in [5.41, 5.74) is 5.19. The van der Waals surface area contributed by atoms with Gasteiger partial charge in [0, 0.05) is 23.5 Å². The number of aryl methyl sites for hydroxylation is 3. The van der Waals surface area contributed by atoms with E-state index in [1.165, 1.54) is 64.6 Å². The number of rotatable bonds is 4. The van der Waals surface area contributed by atoms with E-state index < -0.39 is 0 Å². The lowest BCUT2D eigenvalue weighted by Gasteiger charge is -2.32. The molecule has 0 N–H and O–H groups in total. The highest BCUT2D eigenvalue weighted by Crippen LogP contribution is 2.44. The third-order valence-corrected chi connectivity index (χ3v) is 7.55. The number of anilines is 1. The maximum Gasteiger partial charge on any atom is 0.225 e. The van der Waals surface area contributed by atoms with Crippen LogP contribution in [0.3, 0.4) is 0 Å². The average Bonchev–Trinajstić information content (AvgIpc) is 3.08. The summed E-state index contributed by atoms with van der Waals surface area (Å²) < 4.78 is 0. The highest BCUT2D eigenvalue weighted by molar-refractivity contribution is 7.19. The van der Waals surface area contributed by atoms with Gasteiger partial charge in [0.15, 0.2) is 0 Å². The summed E-state index contributed by atoms with van der Waals surface area (Å²) in [7, 11) is 2.18. The van der Waals surface area contributed by atoms with Crippen LogP contribution < -0.4 is 4.90 Å². The van der Waals surface area contributed by atoms with Crippen molar-refractivity contribution in [1.82, 2.24) is 9.97 Å². The number of nitrogens with zero attached hydrogens (tertiary/aromatic N) is 3. The molecule has 1 saturated carbocycles. The van der Waals surface area contributed by atoms with Crippen LogP contribution in [0.15, 0.2) is 18.2 Å². The molecule has 2 aromatic heterocycles. The summed E-state index contributed by atoms with van der Waals surface area (Å²) in [5, 5.41) is 1.52. The van der Waals surface area contributed by atoms with Gasteiger partial charge >= 0.3 is 0 Å². The predicted molar refractivity (Wildman–Crippen MR) is 122 cm³/mol. The van der Waals surface area contributed by atoms with Crippen molar-refractivity contribution < 1.29 is 0 Å². The monoisotopic (exact) mass is 413 g/mol. The summed E-state index contributed by atoms with van der Waals surface area (Å²) in [5.74, 6) is 0.992. The second-order valence-corrected chi connectivity index (χ2v) is 9.37. The molecule has 0 unspecified atom stereocenters. The van der Waals surface area contributed by atoms with Gasteiger partial charge < -0.3 is 4.90 Å². The largest absolute Gasteiger partial charge is 0.356 e. The molecule has 1 aliphatic rings. The Morgan fingerprint density at radius 2 is 1.86 bits per heavy atom. The Labute approximate surface area is 176 Å². The molecule has 1 aliphatic carbocycles. The Morgan fingerprint density at radius 3 is 2.54 bits per heavy atom.